The van der Waals surface area contributed by atoms with Gasteiger partial charge in [-0.3, -0.25) is 4.79 Å². The number of nitrogens with one attached hydrogen (secondary N) is 1. The summed E-state index contributed by atoms with van der Waals surface area (Å²) in [7, 11) is 1.08. The van der Waals surface area contributed by atoms with E-state index in [1.165, 1.54) is 41.8 Å². The maximum atomic E-state index is 12.9. The van der Waals surface area contributed by atoms with E-state index in [9.17, 15) is 22.0 Å². The third-order valence-corrected chi connectivity index (χ3v) is 6.95. The van der Waals surface area contributed by atoms with Gasteiger partial charge in [-0.1, -0.05) is 26.0 Å². The van der Waals surface area contributed by atoms with Crippen molar-refractivity contribution in [1.82, 2.24) is 4.31 Å². The van der Waals surface area contributed by atoms with Crippen LogP contribution in [0.5, 0.6) is 11.5 Å². The van der Waals surface area contributed by atoms with Gasteiger partial charge in [0.15, 0.2) is 11.5 Å². The van der Waals surface area contributed by atoms with Gasteiger partial charge < -0.3 is 19.7 Å². The maximum Gasteiger partial charge on any atom is 0.387 e. The number of rotatable bonds is 11. The molecule has 34 heavy (non-hydrogen) atoms. The van der Waals surface area contributed by atoms with Crippen molar-refractivity contribution in [2.75, 3.05) is 44.5 Å². The van der Waals surface area contributed by atoms with Gasteiger partial charge in [-0.2, -0.15) is 13.1 Å². The maximum absolute atomic E-state index is 12.9. The van der Waals surface area contributed by atoms with Crippen molar-refractivity contribution in [2.45, 2.75) is 25.4 Å². The number of amides is 1. The van der Waals surface area contributed by atoms with Gasteiger partial charge >= 0.3 is 6.61 Å². The third kappa shape index (κ3) is 6.45. The average molecular weight is 498 g/mol. The van der Waals surface area contributed by atoms with E-state index < -0.39 is 22.5 Å². The highest BCUT2D eigenvalue weighted by atomic mass is 32.2. The largest absolute Gasteiger partial charge is 0.493 e. The van der Waals surface area contributed by atoms with Crippen LogP contribution in [0.2, 0.25) is 0 Å². The molecule has 0 aromatic heterocycles. The number of methoxy groups -OCH3 is 1. The van der Waals surface area contributed by atoms with Crippen molar-refractivity contribution >= 4 is 33.4 Å². The molecule has 1 amide bonds. The molecule has 0 saturated heterocycles. The number of para-hydroxylation sites is 1. The molecule has 0 aliphatic carbocycles. The number of hydrogen-bond acceptors (Lipinski definition) is 6. The Morgan fingerprint density at radius 2 is 1.82 bits per heavy atom. The summed E-state index contributed by atoms with van der Waals surface area (Å²) in [5, 5.41) is 2.67. The second kappa shape index (κ2) is 11.8. The van der Waals surface area contributed by atoms with Gasteiger partial charge in [0.2, 0.25) is 15.9 Å². The summed E-state index contributed by atoms with van der Waals surface area (Å²) in [6, 6.07) is 9.00. The van der Waals surface area contributed by atoms with E-state index in [0.717, 1.165) is 6.08 Å². The van der Waals surface area contributed by atoms with Gasteiger partial charge in [0.05, 0.1) is 23.4 Å². The molecular weight excluding hydrogens is 468 g/mol. The van der Waals surface area contributed by atoms with E-state index in [2.05, 4.69) is 10.1 Å². The third-order valence-electron chi connectivity index (χ3n) is 4.90. The van der Waals surface area contributed by atoms with Crippen LogP contribution in [0.4, 0.5) is 20.2 Å². The Morgan fingerprint density at radius 3 is 2.38 bits per heavy atom. The van der Waals surface area contributed by atoms with Crippen LogP contribution in [0.3, 0.4) is 0 Å². The molecule has 186 valence electrons. The van der Waals surface area contributed by atoms with Gasteiger partial charge in [-0.05, 0) is 30.3 Å². The molecule has 0 aliphatic rings. The SMILES string of the molecule is CCN(CC)S(=O)(=O)c1ccc(N(C)C)c(NC(=O)/C=C/c2cccc(OC)c2OC(F)F)c1. The minimum atomic E-state index is -3.74. The zero-order valence-electron chi connectivity index (χ0n) is 19.7. The molecule has 0 saturated carbocycles. The number of carbonyl (C=O) groups is 1. The Balaban J connectivity index is 2.38. The van der Waals surface area contributed by atoms with Crippen LogP contribution >= 0.6 is 0 Å². The normalized spacial score (nSPS) is 11.8. The summed E-state index contributed by atoms with van der Waals surface area (Å²) >= 11 is 0. The summed E-state index contributed by atoms with van der Waals surface area (Å²) < 4.78 is 62.4. The number of halogens is 2. The van der Waals surface area contributed by atoms with Crippen LogP contribution in [0.25, 0.3) is 6.08 Å². The predicted molar refractivity (Wildman–Crippen MR) is 128 cm³/mol. The Bertz CT molecular complexity index is 1130. The lowest BCUT2D eigenvalue weighted by atomic mass is 10.1. The number of alkyl halides is 2. The molecule has 0 heterocycles. The van der Waals surface area contributed by atoms with Crippen molar-refractivity contribution in [2.24, 2.45) is 0 Å². The Morgan fingerprint density at radius 1 is 1.15 bits per heavy atom. The summed E-state index contributed by atoms with van der Waals surface area (Å²) in [5.74, 6) is -0.705. The zero-order chi connectivity index (χ0) is 25.5. The fourth-order valence-corrected chi connectivity index (χ4v) is 4.74. The topological polar surface area (TPSA) is 88.2 Å². The lowest BCUT2D eigenvalue weighted by molar-refractivity contribution is -0.111. The molecule has 2 aromatic carbocycles. The number of hydrogen-bond donors (Lipinski definition) is 1. The van der Waals surface area contributed by atoms with E-state index >= 15 is 0 Å². The summed E-state index contributed by atoms with van der Waals surface area (Å²) in [4.78, 5) is 14.4. The molecule has 1 N–H and O–H groups in total. The molecular formula is C23H29F2N3O5S. The zero-order valence-corrected chi connectivity index (χ0v) is 20.5. The van der Waals surface area contributed by atoms with Gasteiger partial charge in [0, 0.05) is 38.8 Å². The summed E-state index contributed by atoms with van der Waals surface area (Å²) in [5.41, 5.74) is 1.08. The highest BCUT2D eigenvalue weighted by molar-refractivity contribution is 7.89. The standard InChI is InChI=1S/C23H29F2N3O5S/c1-6-28(7-2)34(30,31)17-12-13-19(27(3)4)18(15-17)26-21(29)14-11-16-9-8-10-20(32-5)22(16)33-23(24)25/h8-15,23H,6-7H2,1-5H3,(H,26,29)/b14-11+. The van der Waals surface area contributed by atoms with E-state index in [1.807, 2.05) is 0 Å². The van der Waals surface area contributed by atoms with E-state index in [0.29, 0.717) is 18.8 Å². The molecule has 2 rings (SSSR count). The molecule has 2 aromatic rings. The van der Waals surface area contributed by atoms with E-state index in [4.69, 9.17) is 4.74 Å². The van der Waals surface area contributed by atoms with Crippen LogP contribution in [0.1, 0.15) is 19.4 Å². The molecule has 0 fully saturated rings. The first kappa shape index (κ1) is 27.1. The van der Waals surface area contributed by atoms with Gasteiger partial charge in [-0.25, -0.2) is 8.42 Å². The van der Waals surface area contributed by atoms with E-state index in [-0.39, 0.29) is 27.6 Å². The molecule has 11 heteroatoms. The summed E-state index contributed by atoms with van der Waals surface area (Å²) in [6.07, 6.45) is 2.44. The molecule has 8 nitrogen and oxygen atoms in total. The predicted octanol–water partition coefficient (Wildman–Crippen LogP) is 4.05. The fourth-order valence-electron chi connectivity index (χ4n) is 3.26. The molecule has 0 spiro atoms. The van der Waals surface area contributed by atoms with Crippen molar-refractivity contribution in [3.8, 4) is 11.5 Å². The van der Waals surface area contributed by atoms with Gasteiger partial charge in [-0.15, -0.1) is 0 Å². The van der Waals surface area contributed by atoms with Crippen molar-refractivity contribution in [1.29, 1.82) is 0 Å². The number of sulfonamides is 1. The first-order valence-corrected chi connectivity index (χ1v) is 11.9. The lowest BCUT2D eigenvalue weighted by Gasteiger charge is -2.22. The molecule has 0 atom stereocenters. The Hall–Kier alpha value is -3.18. The number of anilines is 2. The Kier molecular flexibility index (Phi) is 9.39. The first-order valence-electron chi connectivity index (χ1n) is 10.5. The highest BCUT2D eigenvalue weighted by Crippen LogP contribution is 2.33. The van der Waals surface area contributed by atoms with Crippen molar-refractivity contribution in [3.05, 3.63) is 48.0 Å². The molecule has 0 aliphatic heterocycles. The molecule has 0 unspecified atom stereocenters. The van der Waals surface area contributed by atoms with Crippen molar-refractivity contribution in [3.63, 3.8) is 0 Å². The number of nitrogens with zero attached hydrogens (tertiary/aromatic N) is 2. The first-order chi connectivity index (χ1) is 16.0. The lowest BCUT2D eigenvalue weighted by Crippen LogP contribution is -2.30. The second-order valence-corrected chi connectivity index (χ2v) is 9.18. The summed E-state index contributed by atoms with van der Waals surface area (Å²) in [6.45, 7) is 1.03. The van der Waals surface area contributed by atoms with Gasteiger partial charge in [0.25, 0.3) is 0 Å². The number of carbonyl (C=O) groups excluding carboxylic acids is 1. The van der Waals surface area contributed by atoms with Crippen LogP contribution in [-0.4, -0.2) is 59.5 Å². The van der Waals surface area contributed by atoms with Crippen LogP contribution in [0.15, 0.2) is 47.4 Å². The monoisotopic (exact) mass is 497 g/mol. The van der Waals surface area contributed by atoms with Crippen molar-refractivity contribution < 1.29 is 31.5 Å². The minimum absolute atomic E-state index is 0.0431. The van der Waals surface area contributed by atoms with Crippen LogP contribution in [-0.2, 0) is 14.8 Å². The fraction of sp³-hybridized carbons (Fsp3) is 0.348. The second-order valence-electron chi connectivity index (χ2n) is 7.24. The Labute approximate surface area is 198 Å². The highest BCUT2D eigenvalue weighted by Gasteiger charge is 2.23. The van der Waals surface area contributed by atoms with Crippen LogP contribution in [0, 0.1) is 0 Å². The smallest absolute Gasteiger partial charge is 0.387 e. The quantitative estimate of drug-likeness (QED) is 0.472. The molecule has 0 bridgehead atoms. The molecule has 0 radical (unpaired) electrons. The van der Waals surface area contributed by atoms with E-state index in [1.54, 1.807) is 45.0 Å². The number of benzene rings is 2. The van der Waals surface area contributed by atoms with Crippen LogP contribution < -0.4 is 19.7 Å². The average Bonchev–Trinajstić information content (AvgIpc) is 2.78. The minimum Gasteiger partial charge on any atom is -0.493 e. The number of ether oxygens (including phenoxy) is 2. The van der Waals surface area contributed by atoms with Gasteiger partial charge in [0.1, 0.15) is 0 Å².